The van der Waals surface area contributed by atoms with Crippen LogP contribution in [0.1, 0.15) is 16.7 Å². The Kier molecular flexibility index (Phi) is 8.49. The molecule has 9 heteroatoms. The number of benzene rings is 5. The second-order valence-electron chi connectivity index (χ2n) is 11.9. The third-order valence-electron chi connectivity index (χ3n) is 8.78. The molecule has 0 unspecified atom stereocenters. The lowest BCUT2D eigenvalue weighted by Gasteiger charge is -2.36. The first-order chi connectivity index (χ1) is 24.2. The molecule has 1 aliphatic rings. The van der Waals surface area contributed by atoms with Gasteiger partial charge in [0.1, 0.15) is 5.57 Å². The number of nitro groups is 1. The number of nitro benzene ring substituents is 1. The summed E-state index contributed by atoms with van der Waals surface area (Å²) in [6, 6.07) is 42.3. The maximum absolute atomic E-state index is 14.6. The van der Waals surface area contributed by atoms with Gasteiger partial charge in [-0.05, 0) is 96.9 Å². The monoisotopic (exact) mass is 674 g/mol. The van der Waals surface area contributed by atoms with E-state index >= 15 is 0 Å². The molecule has 2 amide bonds. The van der Waals surface area contributed by atoms with Gasteiger partial charge in [0.15, 0.2) is 5.11 Å². The zero-order valence-electron chi connectivity index (χ0n) is 27.2. The lowest BCUT2D eigenvalue weighted by atomic mass is 10.0. The van der Waals surface area contributed by atoms with E-state index in [0.717, 1.165) is 27.9 Å². The number of carbonyl (C=O) groups is 2. The lowest BCUT2D eigenvalue weighted by Crippen LogP contribution is -2.57. The number of thiocarbonyl (C=S) groups is 1. The first-order valence-electron chi connectivity index (χ1n) is 15.9. The van der Waals surface area contributed by atoms with Gasteiger partial charge < -0.3 is 4.57 Å². The van der Waals surface area contributed by atoms with E-state index in [0.29, 0.717) is 28.3 Å². The lowest BCUT2D eigenvalue weighted by molar-refractivity contribution is -0.384. The molecule has 2 heterocycles. The normalized spacial score (nSPS) is 14.0. The Labute approximate surface area is 294 Å². The van der Waals surface area contributed by atoms with E-state index < -0.39 is 16.7 Å². The molecule has 1 fully saturated rings. The molecule has 50 heavy (non-hydrogen) atoms. The van der Waals surface area contributed by atoms with Crippen molar-refractivity contribution in [1.29, 1.82) is 0 Å². The van der Waals surface area contributed by atoms with Gasteiger partial charge in [-0.2, -0.15) is 0 Å². The smallest absolute Gasteiger partial charge is 0.270 e. The van der Waals surface area contributed by atoms with Gasteiger partial charge in [0.05, 0.1) is 27.7 Å². The molecule has 1 aromatic heterocycles. The minimum atomic E-state index is -0.547. The molecule has 8 nitrogen and oxygen atoms in total. The van der Waals surface area contributed by atoms with Gasteiger partial charge in [0.25, 0.3) is 17.5 Å². The summed E-state index contributed by atoms with van der Waals surface area (Å²) in [6.07, 6.45) is 1.63. The Morgan fingerprint density at radius 3 is 1.74 bits per heavy atom. The molecule has 0 N–H and O–H groups in total. The first-order valence-corrected chi connectivity index (χ1v) is 16.3. The largest absolute Gasteiger partial charge is 0.309 e. The maximum atomic E-state index is 14.6. The van der Waals surface area contributed by atoms with Crippen LogP contribution in [0.25, 0.3) is 34.3 Å². The number of hydrogen-bond acceptors (Lipinski definition) is 5. The van der Waals surface area contributed by atoms with Crippen LogP contribution in [-0.2, 0) is 9.59 Å². The van der Waals surface area contributed by atoms with E-state index in [1.165, 1.54) is 21.9 Å². The fourth-order valence-corrected chi connectivity index (χ4v) is 6.50. The van der Waals surface area contributed by atoms with Crippen LogP contribution in [0.2, 0.25) is 0 Å². The number of para-hydroxylation sites is 1. The quantitative estimate of drug-likeness (QED) is 0.0554. The number of anilines is 2. The Morgan fingerprint density at radius 1 is 0.620 bits per heavy atom. The number of aryl methyl sites for hydroxylation is 2. The number of non-ortho nitro benzene ring substituents is 1. The highest BCUT2D eigenvalue weighted by Gasteiger charge is 2.41. The average Bonchev–Trinajstić information content (AvgIpc) is 3.52. The van der Waals surface area contributed by atoms with Crippen LogP contribution in [0.4, 0.5) is 17.1 Å². The molecular weight excluding hydrogens is 645 g/mol. The van der Waals surface area contributed by atoms with Crippen molar-refractivity contribution < 1.29 is 14.5 Å². The van der Waals surface area contributed by atoms with Crippen molar-refractivity contribution in [1.82, 2.24) is 4.57 Å². The first kappa shape index (κ1) is 32.1. The minimum absolute atomic E-state index is 0.0347. The fraction of sp³-hybridized carbons (Fsp3) is 0.0488. The molecule has 5 aromatic carbocycles. The van der Waals surface area contributed by atoms with Gasteiger partial charge >= 0.3 is 0 Å². The van der Waals surface area contributed by atoms with Crippen molar-refractivity contribution in [3.05, 3.63) is 172 Å². The SMILES string of the molecule is Cc1ccc(N2C(=O)C(=Cc3cc(-c4ccccc4)n(-c4ccc([N+](=O)[O-])cc4)c3-c3ccccc3)C(=O)N(c3ccccc3)C2=S)cc1C. The molecule has 0 atom stereocenters. The van der Waals surface area contributed by atoms with E-state index in [-0.39, 0.29) is 16.4 Å². The van der Waals surface area contributed by atoms with Crippen molar-refractivity contribution in [2.24, 2.45) is 0 Å². The molecule has 6 aromatic rings. The van der Waals surface area contributed by atoms with Crippen molar-refractivity contribution in [3.63, 3.8) is 0 Å². The highest BCUT2D eigenvalue weighted by atomic mass is 32.1. The van der Waals surface area contributed by atoms with Gasteiger partial charge in [-0.15, -0.1) is 0 Å². The topological polar surface area (TPSA) is 88.7 Å². The highest BCUT2D eigenvalue weighted by molar-refractivity contribution is 7.81. The molecule has 1 saturated heterocycles. The van der Waals surface area contributed by atoms with Crippen molar-refractivity contribution >= 4 is 52.3 Å². The molecule has 0 spiro atoms. The summed E-state index contributed by atoms with van der Waals surface area (Å²) in [5, 5.41) is 11.6. The summed E-state index contributed by atoms with van der Waals surface area (Å²) in [5.74, 6) is -1.09. The zero-order valence-corrected chi connectivity index (χ0v) is 28.0. The minimum Gasteiger partial charge on any atom is -0.309 e. The van der Waals surface area contributed by atoms with Gasteiger partial charge in [0, 0.05) is 23.4 Å². The van der Waals surface area contributed by atoms with E-state index in [4.69, 9.17) is 12.2 Å². The molecule has 0 saturated carbocycles. The van der Waals surface area contributed by atoms with Crippen molar-refractivity contribution in [2.45, 2.75) is 13.8 Å². The third kappa shape index (κ3) is 5.80. The van der Waals surface area contributed by atoms with E-state index in [2.05, 4.69) is 0 Å². The van der Waals surface area contributed by atoms with E-state index in [1.54, 1.807) is 30.3 Å². The summed E-state index contributed by atoms with van der Waals surface area (Å²) in [6.45, 7) is 3.96. The summed E-state index contributed by atoms with van der Waals surface area (Å²) in [5.41, 5.74) is 7.45. The standard InChI is InChI=1S/C41H30N4O4S/c1-27-18-19-35(24-28(27)2)44-40(47)36(39(46)43(41(44)50)32-16-10-5-11-17-32)25-31-26-37(29-12-6-3-7-13-29)42(38(31)30-14-8-4-9-15-30)33-20-22-34(23-21-33)45(48)49/h3-26H,1-2H3. The van der Waals surface area contributed by atoms with Crippen molar-refractivity contribution in [2.75, 3.05) is 9.80 Å². The van der Waals surface area contributed by atoms with Crippen LogP contribution in [0, 0.1) is 24.0 Å². The van der Waals surface area contributed by atoms with Crippen LogP contribution < -0.4 is 9.80 Å². The van der Waals surface area contributed by atoms with E-state index in [1.807, 2.05) is 122 Å². The number of aromatic nitrogens is 1. The highest BCUT2D eigenvalue weighted by Crippen LogP contribution is 2.39. The predicted octanol–water partition coefficient (Wildman–Crippen LogP) is 9.08. The Bertz CT molecular complexity index is 2320. The Hall–Kier alpha value is -6.45. The molecule has 1 aliphatic heterocycles. The van der Waals surface area contributed by atoms with Gasteiger partial charge in [-0.25, -0.2) is 0 Å². The van der Waals surface area contributed by atoms with Gasteiger partial charge in [-0.3, -0.25) is 29.5 Å². The second kappa shape index (κ2) is 13.2. The third-order valence-corrected chi connectivity index (χ3v) is 9.14. The molecule has 244 valence electrons. The molecule has 0 aliphatic carbocycles. The van der Waals surface area contributed by atoms with Crippen LogP contribution in [0.3, 0.4) is 0 Å². The fourth-order valence-electron chi connectivity index (χ4n) is 6.13. The number of rotatable bonds is 7. The van der Waals surface area contributed by atoms with Gasteiger partial charge in [-0.1, -0.05) is 84.9 Å². The van der Waals surface area contributed by atoms with Crippen LogP contribution >= 0.6 is 12.2 Å². The Balaban J connectivity index is 1.50. The van der Waals surface area contributed by atoms with E-state index in [9.17, 15) is 19.7 Å². The van der Waals surface area contributed by atoms with Crippen LogP contribution in [-0.4, -0.2) is 26.4 Å². The molecule has 7 rings (SSSR count). The van der Waals surface area contributed by atoms with Gasteiger partial charge in [0.2, 0.25) is 0 Å². The number of nitrogens with zero attached hydrogens (tertiary/aromatic N) is 4. The zero-order chi connectivity index (χ0) is 34.9. The number of hydrogen-bond donors (Lipinski definition) is 0. The van der Waals surface area contributed by atoms with Crippen LogP contribution in [0.15, 0.2) is 145 Å². The molecule has 0 bridgehead atoms. The second-order valence-corrected chi connectivity index (χ2v) is 12.3. The number of amides is 2. The summed E-state index contributed by atoms with van der Waals surface area (Å²) >= 11 is 5.88. The molecular formula is C41H30N4O4S. The van der Waals surface area contributed by atoms with Crippen LogP contribution in [0.5, 0.6) is 0 Å². The summed E-state index contributed by atoms with van der Waals surface area (Å²) < 4.78 is 2.00. The average molecular weight is 675 g/mol. The Morgan fingerprint density at radius 2 is 1.16 bits per heavy atom. The number of carbonyl (C=O) groups excluding carboxylic acids is 2. The molecule has 0 radical (unpaired) electrons. The summed E-state index contributed by atoms with van der Waals surface area (Å²) in [4.78, 5) is 43.0. The maximum Gasteiger partial charge on any atom is 0.270 e. The van der Waals surface area contributed by atoms with Crippen molar-refractivity contribution in [3.8, 4) is 28.2 Å². The predicted molar refractivity (Wildman–Crippen MR) is 201 cm³/mol. The summed E-state index contributed by atoms with van der Waals surface area (Å²) in [7, 11) is 0.